The maximum absolute atomic E-state index is 10.5. The Morgan fingerprint density at radius 2 is 2.20 bits per heavy atom. The molecule has 0 aromatic heterocycles. The third-order valence-electron chi connectivity index (χ3n) is 2.65. The van der Waals surface area contributed by atoms with Crippen molar-refractivity contribution in [2.75, 3.05) is 33.4 Å². The first kappa shape index (κ1) is 12.2. The van der Waals surface area contributed by atoms with Gasteiger partial charge < -0.3 is 14.7 Å². The second-order valence-corrected chi connectivity index (χ2v) is 3.83. The van der Waals surface area contributed by atoms with Gasteiger partial charge in [0, 0.05) is 39.4 Å². The van der Waals surface area contributed by atoms with Gasteiger partial charge in [-0.15, -0.1) is 0 Å². The fraction of sp³-hybridized carbons (Fsp3) is 0.727. The van der Waals surface area contributed by atoms with Crippen LogP contribution in [0, 0.1) is 0 Å². The highest BCUT2D eigenvalue weighted by Crippen LogP contribution is 2.15. The Bertz CT molecular complexity index is 228. The van der Waals surface area contributed by atoms with E-state index in [1.54, 1.807) is 7.11 Å². The lowest BCUT2D eigenvalue weighted by Crippen LogP contribution is -2.32. The fourth-order valence-corrected chi connectivity index (χ4v) is 1.82. The molecule has 1 rings (SSSR count). The summed E-state index contributed by atoms with van der Waals surface area (Å²) in [5, 5.41) is 8.60. The molecule has 0 aliphatic carbocycles. The van der Waals surface area contributed by atoms with Gasteiger partial charge in [0.1, 0.15) is 0 Å². The Morgan fingerprint density at radius 3 is 2.73 bits per heavy atom. The molecule has 0 radical (unpaired) electrons. The first-order chi connectivity index (χ1) is 7.22. The number of carbonyl (C=O) groups is 1. The Balaban J connectivity index is 2.21. The number of nitrogens with zero attached hydrogens (tertiary/aromatic N) is 1. The number of carboxylic acid groups (broad SMARTS) is 1. The molecule has 0 aromatic carbocycles. The van der Waals surface area contributed by atoms with Crippen LogP contribution in [0.5, 0.6) is 0 Å². The van der Waals surface area contributed by atoms with Crippen LogP contribution in [0.15, 0.2) is 11.6 Å². The molecule has 0 amide bonds. The number of carboxylic acids is 1. The van der Waals surface area contributed by atoms with E-state index >= 15 is 0 Å². The zero-order chi connectivity index (χ0) is 11.1. The van der Waals surface area contributed by atoms with Crippen molar-refractivity contribution in [2.45, 2.75) is 19.3 Å². The molecule has 1 fully saturated rings. The van der Waals surface area contributed by atoms with Gasteiger partial charge in [0.05, 0.1) is 0 Å². The molecule has 1 N–H and O–H groups in total. The summed E-state index contributed by atoms with van der Waals surface area (Å²) in [7, 11) is 1.71. The minimum absolute atomic E-state index is 0.800. The van der Waals surface area contributed by atoms with Gasteiger partial charge in [0.25, 0.3) is 0 Å². The molecule has 86 valence electrons. The van der Waals surface area contributed by atoms with Crippen molar-refractivity contribution in [2.24, 2.45) is 0 Å². The molecule has 15 heavy (non-hydrogen) atoms. The zero-order valence-electron chi connectivity index (χ0n) is 9.24. The first-order valence-electron chi connectivity index (χ1n) is 5.36. The van der Waals surface area contributed by atoms with Crippen molar-refractivity contribution < 1.29 is 14.6 Å². The molecule has 0 atom stereocenters. The van der Waals surface area contributed by atoms with E-state index in [1.165, 1.54) is 6.08 Å². The van der Waals surface area contributed by atoms with E-state index < -0.39 is 5.97 Å². The average molecular weight is 213 g/mol. The lowest BCUT2D eigenvalue weighted by molar-refractivity contribution is -0.131. The van der Waals surface area contributed by atoms with Gasteiger partial charge in [-0.3, -0.25) is 0 Å². The summed E-state index contributed by atoms with van der Waals surface area (Å²) in [5.41, 5.74) is 1.06. The van der Waals surface area contributed by atoms with Crippen LogP contribution in [0.25, 0.3) is 0 Å². The predicted molar refractivity (Wildman–Crippen MR) is 57.9 cm³/mol. The largest absolute Gasteiger partial charge is 0.478 e. The summed E-state index contributed by atoms with van der Waals surface area (Å²) >= 11 is 0. The molecule has 4 heteroatoms. The third kappa shape index (κ3) is 4.95. The molecular formula is C11H19NO3. The maximum Gasteiger partial charge on any atom is 0.328 e. The highest BCUT2D eigenvalue weighted by molar-refractivity contribution is 5.80. The van der Waals surface area contributed by atoms with Crippen LogP contribution in [-0.2, 0) is 9.53 Å². The molecule has 0 spiro atoms. The number of likely N-dealkylation sites (tertiary alicyclic amines) is 1. The van der Waals surface area contributed by atoms with Crippen molar-refractivity contribution in [3.63, 3.8) is 0 Å². The number of aliphatic carboxylic acids is 1. The van der Waals surface area contributed by atoms with E-state index in [0.29, 0.717) is 0 Å². The van der Waals surface area contributed by atoms with Crippen LogP contribution in [0.1, 0.15) is 19.3 Å². The molecular weight excluding hydrogens is 194 g/mol. The average Bonchev–Trinajstić information content (AvgIpc) is 2.20. The van der Waals surface area contributed by atoms with Crippen molar-refractivity contribution in [1.29, 1.82) is 0 Å². The van der Waals surface area contributed by atoms with E-state index in [-0.39, 0.29) is 0 Å². The Hall–Kier alpha value is -0.870. The first-order valence-corrected chi connectivity index (χ1v) is 5.36. The number of methoxy groups -OCH3 is 1. The van der Waals surface area contributed by atoms with Gasteiger partial charge in [0.15, 0.2) is 0 Å². The molecule has 1 saturated heterocycles. The zero-order valence-corrected chi connectivity index (χ0v) is 9.24. The molecule has 0 bridgehead atoms. The van der Waals surface area contributed by atoms with Gasteiger partial charge in [0.2, 0.25) is 0 Å². The minimum atomic E-state index is -0.821. The van der Waals surface area contributed by atoms with Crippen LogP contribution in [0.2, 0.25) is 0 Å². The van der Waals surface area contributed by atoms with Crippen molar-refractivity contribution in [1.82, 2.24) is 4.90 Å². The Morgan fingerprint density at radius 1 is 1.53 bits per heavy atom. The smallest absolute Gasteiger partial charge is 0.328 e. The van der Waals surface area contributed by atoms with Gasteiger partial charge in [-0.1, -0.05) is 5.57 Å². The van der Waals surface area contributed by atoms with E-state index in [4.69, 9.17) is 9.84 Å². The van der Waals surface area contributed by atoms with Crippen LogP contribution >= 0.6 is 0 Å². The number of piperidine rings is 1. The Labute approximate surface area is 90.5 Å². The minimum Gasteiger partial charge on any atom is -0.478 e. The van der Waals surface area contributed by atoms with Gasteiger partial charge in [-0.25, -0.2) is 4.79 Å². The molecule has 1 heterocycles. The van der Waals surface area contributed by atoms with Crippen molar-refractivity contribution in [3.05, 3.63) is 11.6 Å². The van der Waals surface area contributed by atoms with Crippen LogP contribution in [-0.4, -0.2) is 49.3 Å². The standard InChI is InChI=1S/C11H19NO3/c1-15-8-2-5-12-6-3-10(4-7-12)9-11(13)14/h9H,2-8H2,1H3,(H,13,14). The van der Waals surface area contributed by atoms with Gasteiger partial charge in [-0.05, 0) is 19.3 Å². The molecule has 0 unspecified atom stereocenters. The third-order valence-corrected chi connectivity index (χ3v) is 2.65. The molecule has 0 saturated carbocycles. The monoisotopic (exact) mass is 213 g/mol. The second kappa shape index (κ2) is 6.58. The molecule has 4 nitrogen and oxygen atoms in total. The van der Waals surface area contributed by atoms with E-state index in [0.717, 1.165) is 51.1 Å². The van der Waals surface area contributed by atoms with Crippen molar-refractivity contribution in [3.8, 4) is 0 Å². The summed E-state index contributed by atoms with van der Waals surface area (Å²) in [6.45, 7) is 3.80. The van der Waals surface area contributed by atoms with E-state index in [1.807, 2.05) is 0 Å². The quantitative estimate of drug-likeness (QED) is 0.549. The molecule has 1 aliphatic rings. The Kier molecular flexibility index (Phi) is 5.36. The SMILES string of the molecule is COCCCN1CCC(=CC(=O)O)CC1. The summed E-state index contributed by atoms with van der Waals surface area (Å²) < 4.78 is 4.99. The fourth-order valence-electron chi connectivity index (χ4n) is 1.82. The van der Waals surface area contributed by atoms with E-state index in [2.05, 4.69) is 4.90 Å². The topological polar surface area (TPSA) is 49.8 Å². The summed E-state index contributed by atoms with van der Waals surface area (Å²) in [4.78, 5) is 12.8. The summed E-state index contributed by atoms with van der Waals surface area (Å²) in [5.74, 6) is -0.821. The highest BCUT2D eigenvalue weighted by atomic mass is 16.5. The van der Waals surface area contributed by atoms with Crippen LogP contribution in [0.3, 0.4) is 0 Å². The molecule has 0 aromatic rings. The second-order valence-electron chi connectivity index (χ2n) is 3.83. The van der Waals surface area contributed by atoms with Gasteiger partial charge in [-0.2, -0.15) is 0 Å². The number of rotatable bonds is 5. The summed E-state index contributed by atoms with van der Waals surface area (Å²) in [6, 6.07) is 0. The van der Waals surface area contributed by atoms with Crippen molar-refractivity contribution >= 4 is 5.97 Å². The normalized spacial score (nSPS) is 17.8. The maximum atomic E-state index is 10.5. The van der Waals surface area contributed by atoms with Gasteiger partial charge >= 0.3 is 5.97 Å². The summed E-state index contributed by atoms with van der Waals surface area (Å²) in [6.07, 6.45) is 4.18. The molecule has 1 aliphatic heterocycles. The lowest BCUT2D eigenvalue weighted by Gasteiger charge is -2.27. The highest BCUT2D eigenvalue weighted by Gasteiger charge is 2.13. The van der Waals surface area contributed by atoms with Crippen LogP contribution < -0.4 is 0 Å². The van der Waals surface area contributed by atoms with Crippen LogP contribution in [0.4, 0.5) is 0 Å². The number of hydrogen-bond donors (Lipinski definition) is 1. The predicted octanol–water partition coefficient (Wildman–Crippen LogP) is 1.13. The number of ether oxygens (including phenoxy) is 1. The lowest BCUT2D eigenvalue weighted by atomic mass is 10.0. The van der Waals surface area contributed by atoms with E-state index in [9.17, 15) is 4.79 Å². The number of hydrogen-bond acceptors (Lipinski definition) is 3.